The molecule has 0 nitrogen and oxygen atoms in total. The Bertz CT molecular complexity index is 480. The lowest BCUT2D eigenvalue weighted by Crippen LogP contribution is -1.94. The molecule has 0 fully saturated rings. The highest BCUT2D eigenvalue weighted by Crippen LogP contribution is 2.39. The van der Waals surface area contributed by atoms with E-state index < -0.39 is 0 Å². The number of thioether (sulfide) groups is 4. The molecule has 0 aromatic carbocycles. The zero-order valence-corrected chi connectivity index (χ0v) is 11.6. The predicted octanol–water partition coefficient (Wildman–Crippen LogP) is 3.78. The second kappa shape index (κ2) is 4.67. The van der Waals surface area contributed by atoms with Crippen molar-refractivity contribution in [1.82, 2.24) is 0 Å². The van der Waals surface area contributed by atoms with Gasteiger partial charge in [0.15, 0.2) is 0 Å². The Labute approximate surface area is 109 Å². The van der Waals surface area contributed by atoms with E-state index in [1.165, 1.54) is 17.5 Å². The van der Waals surface area contributed by atoms with Crippen LogP contribution in [0.25, 0.3) is 8.47 Å². The molecule has 0 N–H and O–H groups in total. The van der Waals surface area contributed by atoms with E-state index in [-0.39, 0.29) is 0 Å². The van der Waals surface area contributed by atoms with E-state index in [2.05, 4.69) is 33.8 Å². The van der Waals surface area contributed by atoms with E-state index in [0.717, 1.165) is 0 Å². The van der Waals surface area contributed by atoms with Crippen molar-refractivity contribution in [3.8, 4) is 0 Å². The molecule has 0 saturated carbocycles. The van der Waals surface area contributed by atoms with Gasteiger partial charge in [-0.05, 0) is 33.8 Å². The molecular weight excluding hydrogens is 280 g/mol. The molecule has 5 heteroatoms. The molecule has 2 aliphatic rings. The molecule has 0 radical (unpaired) electrons. The molecule has 0 spiro atoms. The van der Waals surface area contributed by atoms with Gasteiger partial charge in [0.2, 0.25) is 0 Å². The quantitative estimate of drug-likeness (QED) is 0.711. The molecule has 1 aromatic rings. The second-order valence-corrected chi connectivity index (χ2v) is 8.02. The Morgan fingerprint density at radius 1 is 0.600 bits per heavy atom. The molecule has 0 amide bonds. The smallest absolute Gasteiger partial charge is 0.0659 e. The average molecular weight is 286 g/mol. The predicted molar refractivity (Wildman–Crippen MR) is 79.0 cm³/mol. The van der Waals surface area contributed by atoms with E-state index in [1.807, 2.05) is 58.4 Å². The number of hydrogen-bond acceptors (Lipinski definition) is 5. The average Bonchev–Trinajstić information content (AvgIpc) is 3.02. The van der Waals surface area contributed by atoms with Crippen molar-refractivity contribution in [2.75, 3.05) is 0 Å². The van der Waals surface area contributed by atoms with Crippen LogP contribution in [-0.4, -0.2) is 0 Å². The lowest BCUT2D eigenvalue weighted by atomic mass is 10.6. The summed E-state index contributed by atoms with van der Waals surface area (Å²) in [6.45, 7) is 0. The fourth-order valence-corrected chi connectivity index (χ4v) is 6.19. The first-order valence-corrected chi connectivity index (χ1v) is 8.58. The van der Waals surface area contributed by atoms with E-state index >= 15 is 0 Å². The van der Waals surface area contributed by atoms with Gasteiger partial charge in [-0.25, -0.2) is 0 Å². The molecule has 0 atom stereocenters. The summed E-state index contributed by atoms with van der Waals surface area (Å²) in [6.07, 6.45) is 0. The highest BCUT2D eigenvalue weighted by atomic mass is 32.2. The van der Waals surface area contributed by atoms with Crippen LogP contribution < -0.4 is 9.06 Å². The fourth-order valence-electron chi connectivity index (χ4n) is 1.20. The SMILES string of the molecule is C1=CSC(=c2ccc(=C3SC=CS3)s2)S1. The van der Waals surface area contributed by atoms with Crippen molar-refractivity contribution >= 4 is 66.9 Å². The third-order valence-electron chi connectivity index (χ3n) is 1.82. The van der Waals surface area contributed by atoms with E-state index in [1.54, 1.807) is 0 Å². The van der Waals surface area contributed by atoms with Gasteiger partial charge in [0.05, 0.1) is 8.47 Å². The summed E-state index contributed by atoms with van der Waals surface area (Å²) >= 11 is 9.18. The first-order chi connectivity index (χ1) is 7.43. The van der Waals surface area contributed by atoms with Gasteiger partial charge in [-0.1, -0.05) is 47.0 Å². The van der Waals surface area contributed by atoms with Gasteiger partial charge < -0.3 is 0 Å². The van der Waals surface area contributed by atoms with Crippen LogP contribution >= 0.6 is 58.4 Å². The van der Waals surface area contributed by atoms with Crippen LogP contribution in [0.2, 0.25) is 0 Å². The first kappa shape index (κ1) is 10.5. The molecule has 76 valence electrons. The van der Waals surface area contributed by atoms with Crippen LogP contribution in [0.4, 0.5) is 0 Å². The monoisotopic (exact) mass is 286 g/mol. The zero-order chi connectivity index (χ0) is 10.1. The van der Waals surface area contributed by atoms with Crippen LogP contribution in [0.1, 0.15) is 0 Å². The third-order valence-corrected chi connectivity index (χ3v) is 7.78. The summed E-state index contributed by atoms with van der Waals surface area (Å²) in [5.41, 5.74) is 0. The van der Waals surface area contributed by atoms with Gasteiger partial charge in [0.1, 0.15) is 0 Å². The Balaban J connectivity index is 2.08. The van der Waals surface area contributed by atoms with Crippen LogP contribution in [0.5, 0.6) is 0 Å². The minimum Gasteiger partial charge on any atom is -0.133 e. The van der Waals surface area contributed by atoms with Gasteiger partial charge in [-0.3, -0.25) is 0 Å². The number of hydrogen-bond donors (Lipinski definition) is 0. The first-order valence-electron chi connectivity index (χ1n) is 4.24. The molecular formula is C10H6S5. The molecule has 0 bridgehead atoms. The van der Waals surface area contributed by atoms with Crippen molar-refractivity contribution in [1.29, 1.82) is 0 Å². The summed E-state index contributed by atoms with van der Waals surface area (Å²) in [5.74, 6) is 0. The van der Waals surface area contributed by atoms with Gasteiger partial charge in [-0.15, -0.1) is 11.3 Å². The summed E-state index contributed by atoms with van der Waals surface area (Å²) in [6, 6.07) is 4.46. The largest absolute Gasteiger partial charge is 0.133 e. The molecule has 1 aromatic heterocycles. The van der Waals surface area contributed by atoms with Crippen molar-refractivity contribution < 1.29 is 0 Å². The van der Waals surface area contributed by atoms with Crippen LogP contribution in [0, 0.1) is 0 Å². The van der Waals surface area contributed by atoms with Crippen LogP contribution in [-0.2, 0) is 0 Å². The Hall–Kier alpha value is 0.320. The summed E-state index contributed by atoms with van der Waals surface area (Å²) in [5, 5.41) is 8.58. The van der Waals surface area contributed by atoms with Crippen molar-refractivity contribution in [2.45, 2.75) is 0 Å². The van der Waals surface area contributed by atoms with E-state index in [9.17, 15) is 0 Å². The molecule has 3 heterocycles. The van der Waals surface area contributed by atoms with Gasteiger partial charge >= 0.3 is 0 Å². The molecule has 15 heavy (non-hydrogen) atoms. The van der Waals surface area contributed by atoms with Crippen LogP contribution in [0.3, 0.4) is 0 Å². The standard InChI is InChI=1S/C10H6S5/c1-2-8(10-13-5-6-14-10)15-7(1)9-11-3-4-12-9/h1-6H. The molecule has 3 rings (SSSR count). The van der Waals surface area contributed by atoms with Gasteiger partial charge in [-0.2, -0.15) is 0 Å². The van der Waals surface area contributed by atoms with Crippen molar-refractivity contribution in [3.63, 3.8) is 0 Å². The lowest BCUT2D eigenvalue weighted by molar-refractivity contribution is 1.88. The molecule has 2 aliphatic heterocycles. The maximum atomic E-state index is 2.23. The Morgan fingerprint density at radius 3 is 1.40 bits per heavy atom. The highest BCUT2D eigenvalue weighted by molar-refractivity contribution is 8.35. The summed E-state index contributed by atoms with van der Waals surface area (Å²) < 4.78 is 5.61. The van der Waals surface area contributed by atoms with Gasteiger partial charge in [0.25, 0.3) is 0 Å². The molecule has 0 aliphatic carbocycles. The van der Waals surface area contributed by atoms with Crippen molar-refractivity contribution in [3.05, 3.63) is 42.8 Å². The van der Waals surface area contributed by atoms with E-state index in [4.69, 9.17) is 0 Å². The fraction of sp³-hybridized carbons (Fsp3) is 0. The molecule has 0 unspecified atom stereocenters. The minimum absolute atomic E-state index is 1.39. The minimum atomic E-state index is 1.39. The summed E-state index contributed by atoms with van der Waals surface area (Å²) in [7, 11) is 0. The lowest BCUT2D eigenvalue weighted by Gasteiger charge is -1.89. The van der Waals surface area contributed by atoms with Gasteiger partial charge in [0, 0.05) is 9.06 Å². The van der Waals surface area contributed by atoms with E-state index in [0.29, 0.717) is 0 Å². The second-order valence-electron chi connectivity index (χ2n) is 2.75. The number of rotatable bonds is 0. The van der Waals surface area contributed by atoms with Crippen LogP contribution in [0.15, 0.2) is 33.8 Å². The summed E-state index contributed by atoms with van der Waals surface area (Å²) in [4.78, 5) is 0. The Morgan fingerprint density at radius 2 is 1.00 bits per heavy atom. The topological polar surface area (TPSA) is 0 Å². The molecule has 0 saturated heterocycles. The van der Waals surface area contributed by atoms with Crippen molar-refractivity contribution in [2.24, 2.45) is 0 Å². The zero-order valence-electron chi connectivity index (χ0n) is 7.51. The number of thiophene rings is 1. The highest BCUT2D eigenvalue weighted by Gasteiger charge is 2.07. The maximum Gasteiger partial charge on any atom is 0.0659 e. The third kappa shape index (κ3) is 2.22. The Kier molecular flexibility index (Phi) is 3.26. The normalized spacial score (nSPS) is 19.5. The maximum absolute atomic E-state index is 2.23.